The first kappa shape index (κ1) is 16.4. The molecule has 1 aliphatic rings. The van der Waals surface area contributed by atoms with E-state index >= 15 is 0 Å². The normalized spacial score (nSPS) is 17.0. The second-order valence-electron chi connectivity index (χ2n) is 5.71. The van der Waals surface area contributed by atoms with Crippen LogP contribution in [0.5, 0.6) is 0 Å². The van der Waals surface area contributed by atoms with E-state index in [4.69, 9.17) is 5.73 Å². The molecule has 6 heteroatoms. The zero-order valence-corrected chi connectivity index (χ0v) is 12.8. The first-order chi connectivity index (χ1) is 10.5. The smallest absolute Gasteiger partial charge is 0.253 e. The molecule has 0 radical (unpaired) electrons. The average Bonchev–Trinajstić information content (AvgIpc) is 2.72. The fourth-order valence-electron chi connectivity index (χ4n) is 2.55. The molecule has 0 spiro atoms. The van der Waals surface area contributed by atoms with Gasteiger partial charge in [0.2, 0.25) is 5.91 Å². The zero-order valence-electron chi connectivity index (χ0n) is 12.8. The van der Waals surface area contributed by atoms with E-state index in [1.807, 2.05) is 0 Å². The highest BCUT2D eigenvalue weighted by Gasteiger charge is 2.23. The third kappa shape index (κ3) is 4.27. The van der Waals surface area contributed by atoms with Gasteiger partial charge in [-0.15, -0.1) is 0 Å². The van der Waals surface area contributed by atoms with Crippen molar-refractivity contribution >= 4 is 11.8 Å². The molecule has 1 aliphatic heterocycles. The minimum absolute atomic E-state index is 0.0334. The number of carbonyl (C=O) groups is 2. The molecule has 2 N–H and O–H groups in total. The van der Waals surface area contributed by atoms with E-state index in [1.54, 1.807) is 16.7 Å². The van der Waals surface area contributed by atoms with Crippen LogP contribution in [0, 0.1) is 5.82 Å². The van der Waals surface area contributed by atoms with Crippen molar-refractivity contribution in [2.75, 3.05) is 26.2 Å². The maximum Gasteiger partial charge on any atom is 0.253 e. The van der Waals surface area contributed by atoms with Crippen LogP contribution in [0.1, 0.15) is 30.1 Å². The number of hydrogen-bond acceptors (Lipinski definition) is 3. The van der Waals surface area contributed by atoms with E-state index in [1.165, 1.54) is 24.3 Å². The second kappa shape index (κ2) is 7.35. The van der Waals surface area contributed by atoms with E-state index in [-0.39, 0.29) is 23.7 Å². The van der Waals surface area contributed by atoms with Gasteiger partial charge in [-0.3, -0.25) is 9.59 Å². The van der Waals surface area contributed by atoms with Crippen LogP contribution < -0.4 is 5.73 Å². The quantitative estimate of drug-likeness (QED) is 0.913. The van der Waals surface area contributed by atoms with Crippen LogP contribution in [-0.4, -0.2) is 53.8 Å². The van der Waals surface area contributed by atoms with Crippen molar-refractivity contribution < 1.29 is 14.0 Å². The Balaban J connectivity index is 1.96. The molecule has 1 heterocycles. The molecule has 120 valence electrons. The summed E-state index contributed by atoms with van der Waals surface area (Å²) < 4.78 is 12.9. The van der Waals surface area contributed by atoms with Crippen LogP contribution in [-0.2, 0) is 4.79 Å². The lowest BCUT2D eigenvalue weighted by Crippen LogP contribution is -2.39. The summed E-state index contributed by atoms with van der Waals surface area (Å²) in [6, 6.07) is 5.38. The van der Waals surface area contributed by atoms with Gasteiger partial charge in [0.15, 0.2) is 0 Å². The molecule has 0 bridgehead atoms. The molecule has 0 aromatic heterocycles. The number of carbonyl (C=O) groups excluding carboxylic acids is 2. The van der Waals surface area contributed by atoms with Gasteiger partial charge in [0.25, 0.3) is 5.91 Å². The van der Waals surface area contributed by atoms with Crippen molar-refractivity contribution in [2.45, 2.75) is 25.8 Å². The molecule has 2 rings (SSSR count). The number of benzene rings is 1. The van der Waals surface area contributed by atoms with Crippen LogP contribution in [0.3, 0.4) is 0 Å². The second-order valence-corrected chi connectivity index (χ2v) is 5.71. The lowest BCUT2D eigenvalue weighted by molar-refractivity contribution is -0.131. The fraction of sp³-hybridized carbons (Fsp3) is 0.500. The third-order valence-corrected chi connectivity index (χ3v) is 3.72. The highest BCUT2D eigenvalue weighted by Crippen LogP contribution is 2.11. The average molecular weight is 307 g/mol. The minimum atomic E-state index is -0.361. The number of amides is 2. The first-order valence-corrected chi connectivity index (χ1v) is 7.55. The molecule has 1 fully saturated rings. The molecule has 2 amide bonds. The minimum Gasteiger partial charge on any atom is -0.341 e. The van der Waals surface area contributed by atoms with Crippen molar-refractivity contribution in [3.63, 3.8) is 0 Å². The van der Waals surface area contributed by atoms with Gasteiger partial charge in [-0.05, 0) is 37.6 Å². The topological polar surface area (TPSA) is 66.6 Å². The van der Waals surface area contributed by atoms with Gasteiger partial charge in [-0.25, -0.2) is 4.39 Å². The highest BCUT2D eigenvalue weighted by atomic mass is 19.1. The summed E-state index contributed by atoms with van der Waals surface area (Å²) in [6.07, 6.45) is 1.06. The third-order valence-electron chi connectivity index (χ3n) is 3.72. The van der Waals surface area contributed by atoms with Crippen LogP contribution in [0.2, 0.25) is 0 Å². The number of rotatable bonds is 3. The molecule has 0 aliphatic carbocycles. The summed E-state index contributed by atoms with van der Waals surface area (Å²) in [5.74, 6) is -0.451. The summed E-state index contributed by atoms with van der Waals surface area (Å²) in [7, 11) is 0. The van der Waals surface area contributed by atoms with E-state index in [2.05, 4.69) is 0 Å². The molecule has 0 saturated carbocycles. The maximum absolute atomic E-state index is 12.9. The van der Waals surface area contributed by atoms with Crippen LogP contribution in [0.25, 0.3) is 0 Å². The molecule has 1 atom stereocenters. The Morgan fingerprint density at radius 1 is 1.14 bits per heavy atom. The lowest BCUT2D eigenvalue weighted by Gasteiger charge is -2.23. The Labute approximate surface area is 129 Å². The van der Waals surface area contributed by atoms with Crippen molar-refractivity contribution in [1.29, 1.82) is 0 Å². The number of hydrogen-bond donors (Lipinski definition) is 1. The Kier molecular flexibility index (Phi) is 5.49. The van der Waals surface area contributed by atoms with Gasteiger partial charge in [-0.2, -0.15) is 0 Å². The SMILES string of the molecule is CC(N)CC(=O)N1CCCN(C(=O)c2ccc(F)cc2)CC1. The fourth-order valence-corrected chi connectivity index (χ4v) is 2.55. The monoisotopic (exact) mass is 307 g/mol. The summed E-state index contributed by atoms with van der Waals surface area (Å²) in [4.78, 5) is 27.9. The van der Waals surface area contributed by atoms with Crippen LogP contribution in [0.15, 0.2) is 24.3 Å². The van der Waals surface area contributed by atoms with Crippen LogP contribution >= 0.6 is 0 Å². The summed E-state index contributed by atoms with van der Waals surface area (Å²) in [5, 5.41) is 0. The number of halogens is 1. The summed E-state index contributed by atoms with van der Waals surface area (Å²) >= 11 is 0. The van der Waals surface area contributed by atoms with Gasteiger partial charge in [-0.1, -0.05) is 0 Å². The maximum atomic E-state index is 12.9. The van der Waals surface area contributed by atoms with Gasteiger partial charge in [0.1, 0.15) is 5.82 Å². The molecule has 1 aromatic carbocycles. The Morgan fingerprint density at radius 2 is 1.73 bits per heavy atom. The summed E-state index contributed by atoms with van der Waals surface area (Å²) in [6.45, 7) is 4.04. The Morgan fingerprint density at radius 3 is 2.36 bits per heavy atom. The number of nitrogens with zero attached hydrogens (tertiary/aromatic N) is 2. The highest BCUT2D eigenvalue weighted by molar-refractivity contribution is 5.94. The number of nitrogens with two attached hydrogens (primary N) is 1. The predicted molar refractivity (Wildman–Crippen MR) is 81.8 cm³/mol. The zero-order chi connectivity index (χ0) is 16.1. The first-order valence-electron chi connectivity index (χ1n) is 7.55. The van der Waals surface area contributed by atoms with Crippen molar-refractivity contribution in [3.8, 4) is 0 Å². The Bertz CT molecular complexity index is 531. The van der Waals surface area contributed by atoms with E-state index in [0.29, 0.717) is 38.2 Å². The van der Waals surface area contributed by atoms with E-state index in [9.17, 15) is 14.0 Å². The summed E-state index contributed by atoms with van der Waals surface area (Å²) in [5.41, 5.74) is 6.13. The molecular formula is C16H22FN3O2. The van der Waals surface area contributed by atoms with Gasteiger partial charge >= 0.3 is 0 Å². The van der Waals surface area contributed by atoms with E-state index < -0.39 is 0 Å². The molecular weight excluding hydrogens is 285 g/mol. The van der Waals surface area contributed by atoms with Crippen molar-refractivity contribution in [1.82, 2.24) is 9.80 Å². The molecule has 1 saturated heterocycles. The standard InChI is InChI=1S/C16H22FN3O2/c1-12(18)11-15(21)19-7-2-8-20(10-9-19)16(22)13-3-5-14(17)6-4-13/h3-6,12H,2,7-11,18H2,1H3. The van der Waals surface area contributed by atoms with Gasteiger partial charge < -0.3 is 15.5 Å². The Hall–Kier alpha value is -1.95. The van der Waals surface area contributed by atoms with E-state index in [0.717, 1.165) is 6.42 Å². The largest absolute Gasteiger partial charge is 0.341 e. The molecule has 22 heavy (non-hydrogen) atoms. The van der Waals surface area contributed by atoms with Gasteiger partial charge in [0, 0.05) is 44.2 Å². The lowest BCUT2D eigenvalue weighted by atomic mass is 10.2. The predicted octanol–water partition coefficient (Wildman–Crippen LogP) is 1.24. The van der Waals surface area contributed by atoms with Gasteiger partial charge in [0.05, 0.1) is 0 Å². The molecule has 1 unspecified atom stereocenters. The molecule has 1 aromatic rings. The van der Waals surface area contributed by atoms with Crippen LogP contribution in [0.4, 0.5) is 4.39 Å². The van der Waals surface area contributed by atoms with Crippen molar-refractivity contribution in [2.24, 2.45) is 5.73 Å². The van der Waals surface area contributed by atoms with Crippen molar-refractivity contribution in [3.05, 3.63) is 35.6 Å². The molecule has 5 nitrogen and oxygen atoms in total.